The lowest BCUT2D eigenvalue weighted by Gasteiger charge is -2.52. The van der Waals surface area contributed by atoms with Gasteiger partial charge in [-0.2, -0.15) is 0 Å². The van der Waals surface area contributed by atoms with E-state index in [1.165, 1.54) is 11.3 Å². The van der Waals surface area contributed by atoms with Crippen LogP contribution in [0.4, 0.5) is 0 Å². The SMILES string of the molecule is O=C(c1cc2cccc(Cl)c2s1)N1C[C@@H]2C[C@@H](C1)C1CCCC(=O)N1C2. The summed E-state index contributed by atoms with van der Waals surface area (Å²) >= 11 is 7.77. The first-order valence-electron chi connectivity index (χ1n) is 9.37. The van der Waals surface area contributed by atoms with Gasteiger partial charge in [-0.15, -0.1) is 11.3 Å². The van der Waals surface area contributed by atoms with E-state index >= 15 is 0 Å². The topological polar surface area (TPSA) is 40.6 Å². The minimum Gasteiger partial charge on any atom is -0.339 e. The number of nitrogens with zero attached hydrogens (tertiary/aromatic N) is 2. The largest absolute Gasteiger partial charge is 0.339 e. The van der Waals surface area contributed by atoms with Crippen LogP contribution in [0.2, 0.25) is 5.02 Å². The number of hydrogen-bond donors (Lipinski definition) is 0. The molecular weight excluding hydrogens is 368 g/mol. The molecule has 0 aliphatic carbocycles. The molecule has 3 aliphatic heterocycles. The Labute approximate surface area is 161 Å². The van der Waals surface area contributed by atoms with Crippen LogP contribution >= 0.6 is 22.9 Å². The Kier molecular flexibility index (Phi) is 3.98. The summed E-state index contributed by atoms with van der Waals surface area (Å²) in [7, 11) is 0. The van der Waals surface area contributed by atoms with Crippen LogP contribution < -0.4 is 0 Å². The molecule has 136 valence electrons. The number of amides is 2. The minimum absolute atomic E-state index is 0.118. The van der Waals surface area contributed by atoms with Gasteiger partial charge < -0.3 is 9.80 Å². The van der Waals surface area contributed by atoms with E-state index < -0.39 is 0 Å². The van der Waals surface area contributed by atoms with Gasteiger partial charge in [-0.25, -0.2) is 0 Å². The molecule has 3 saturated heterocycles. The van der Waals surface area contributed by atoms with Crippen LogP contribution in [0, 0.1) is 11.8 Å². The molecule has 0 spiro atoms. The third-order valence-corrected chi connectivity index (χ3v) is 7.77. The van der Waals surface area contributed by atoms with Crippen LogP contribution in [0.3, 0.4) is 0 Å². The van der Waals surface area contributed by atoms with Gasteiger partial charge in [0.15, 0.2) is 0 Å². The standard InChI is InChI=1S/C20H21ClN2O2S/c21-15-4-1-3-13-8-17(26-19(13)15)20(25)22-9-12-7-14(11-22)16-5-2-6-18(24)23(16)10-12/h1,3-4,8,12,14,16H,2,5-7,9-11H2/t12-,14-,16?/m0/s1. The van der Waals surface area contributed by atoms with Gasteiger partial charge in [0.2, 0.25) is 5.91 Å². The molecule has 2 aromatic rings. The molecule has 4 nitrogen and oxygen atoms in total. The molecule has 2 bridgehead atoms. The fourth-order valence-electron chi connectivity index (χ4n) is 5.06. The zero-order valence-corrected chi connectivity index (χ0v) is 16.1. The van der Waals surface area contributed by atoms with Crippen molar-refractivity contribution in [2.75, 3.05) is 19.6 Å². The van der Waals surface area contributed by atoms with Gasteiger partial charge in [0.05, 0.1) is 14.6 Å². The Hall–Kier alpha value is -1.59. The molecule has 0 saturated carbocycles. The Morgan fingerprint density at radius 1 is 1.23 bits per heavy atom. The first-order valence-corrected chi connectivity index (χ1v) is 10.6. The molecule has 5 rings (SSSR count). The zero-order chi connectivity index (χ0) is 17.8. The summed E-state index contributed by atoms with van der Waals surface area (Å²) in [5.41, 5.74) is 0. The first-order chi connectivity index (χ1) is 12.6. The minimum atomic E-state index is 0.118. The lowest BCUT2D eigenvalue weighted by atomic mass is 9.76. The monoisotopic (exact) mass is 388 g/mol. The van der Waals surface area contributed by atoms with E-state index in [0.29, 0.717) is 35.2 Å². The Bertz CT molecular complexity index is 895. The Morgan fingerprint density at radius 3 is 2.96 bits per heavy atom. The zero-order valence-electron chi connectivity index (χ0n) is 14.5. The van der Waals surface area contributed by atoms with E-state index in [9.17, 15) is 9.59 Å². The Balaban J connectivity index is 1.40. The highest BCUT2D eigenvalue weighted by molar-refractivity contribution is 7.21. The molecule has 0 radical (unpaired) electrons. The third-order valence-electron chi connectivity index (χ3n) is 6.17. The third kappa shape index (κ3) is 2.64. The quantitative estimate of drug-likeness (QED) is 0.740. The van der Waals surface area contributed by atoms with Gasteiger partial charge >= 0.3 is 0 Å². The highest BCUT2D eigenvalue weighted by atomic mass is 35.5. The maximum Gasteiger partial charge on any atom is 0.263 e. The highest BCUT2D eigenvalue weighted by Crippen LogP contribution is 2.39. The second-order valence-corrected chi connectivity index (χ2v) is 9.31. The first kappa shape index (κ1) is 16.6. The predicted molar refractivity (Wildman–Crippen MR) is 104 cm³/mol. The molecule has 3 atom stereocenters. The van der Waals surface area contributed by atoms with Gasteiger partial charge in [0.1, 0.15) is 0 Å². The number of benzene rings is 1. The molecule has 26 heavy (non-hydrogen) atoms. The van der Waals surface area contributed by atoms with Crippen LogP contribution in [-0.2, 0) is 4.79 Å². The smallest absolute Gasteiger partial charge is 0.263 e. The van der Waals surface area contributed by atoms with E-state index in [-0.39, 0.29) is 5.91 Å². The van der Waals surface area contributed by atoms with Gasteiger partial charge in [-0.1, -0.05) is 23.7 Å². The normalized spacial score (nSPS) is 28.3. The maximum absolute atomic E-state index is 13.1. The van der Waals surface area contributed by atoms with Crippen LogP contribution in [0.25, 0.3) is 10.1 Å². The number of thiophene rings is 1. The van der Waals surface area contributed by atoms with Gasteiger partial charge in [-0.05, 0) is 48.6 Å². The number of hydrogen-bond acceptors (Lipinski definition) is 3. The number of carbonyl (C=O) groups is 2. The Morgan fingerprint density at radius 2 is 2.12 bits per heavy atom. The molecule has 1 aromatic carbocycles. The van der Waals surface area contributed by atoms with Crippen LogP contribution in [0.5, 0.6) is 0 Å². The summed E-state index contributed by atoms with van der Waals surface area (Å²) < 4.78 is 0.985. The van der Waals surface area contributed by atoms with Crippen LogP contribution in [0.15, 0.2) is 24.3 Å². The molecule has 3 aliphatic rings. The van der Waals surface area contributed by atoms with Crippen molar-refractivity contribution >= 4 is 44.8 Å². The lowest BCUT2D eigenvalue weighted by Crippen LogP contribution is -2.61. The van der Waals surface area contributed by atoms with Crippen molar-refractivity contribution in [2.45, 2.75) is 31.7 Å². The van der Waals surface area contributed by atoms with Crippen molar-refractivity contribution < 1.29 is 9.59 Å². The summed E-state index contributed by atoms with van der Waals surface area (Å²) in [6.07, 6.45) is 3.92. The summed E-state index contributed by atoms with van der Waals surface area (Å²) in [6.45, 7) is 2.35. The molecule has 1 aromatic heterocycles. The van der Waals surface area contributed by atoms with E-state index in [1.54, 1.807) is 0 Å². The summed E-state index contributed by atoms with van der Waals surface area (Å²) in [5, 5.41) is 1.74. The van der Waals surface area contributed by atoms with Gasteiger partial charge in [-0.3, -0.25) is 9.59 Å². The fraction of sp³-hybridized carbons (Fsp3) is 0.500. The number of rotatable bonds is 1. The molecule has 6 heteroatoms. The van der Waals surface area contributed by atoms with Crippen molar-refractivity contribution in [1.82, 2.24) is 9.80 Å². The summed E-state index contributed by atoms with van der Waals surface area (Å²) in [4.78, 5) is 30.3. The van der Waals surface area contributed by atoms with E-state index in [4.69, 9.17) is 11.6 Å². The van der Waals surface area contributed by atoms with Crippen molar-refractivity contribution in [3.8, 4) is 0 Å². The molecule has 1 unspecified atom stereocenters. The summed E-state index contributed by atoms with van der Waals surface area (Å²) in [5.74, 6) is 1.27. The van der Waals surface area contributed by atoms with Crippen molar-refractivity contribution in [3.63, 3.8) is 0 Å². The van der Waals surface area contributed by atoms with E-state index in [2.05, 4.69) is 4.90 Å². The van der Waals surface area contributed by atoms with Gasteiger partial charge in [0, 0.05) is 32.1 Å². The predicted octanol–water partition coefficient (Wildman–Crippen LogP) is 4.03. The van der Waals surface area contributed by atoms with Crippen LogP contribution in [-0.4, -0.2) is 47.3 Å². The summed E-state index contributed by atoms with van der Waals surface area (Å²) in [6, 6.07) is 8.10. The molecule has 3 fully saturated rings. The molecule has 2 amide bonds. The van der Waals surface area contributed by atoms with Gasteiger partial charge in [0.25, 0.3) is 5.91 Å². The van der Waals surface area contributed by atoms with E-state index in [1.807, 2.05) is 29.2 Å². The van der Waals surface area contributed by atoms with E-state index in [0.717, 1.165) is 53.9 Å². The molecule has 4 heterocycles. The lowest BCUT2D eigenvalue weighted by molar-refractivity contribution is -0.144. The second kappa shape index (κ2) is 6.24. The number of carbonyl (C=O) groups excluding carboxylic acids is 2. The number of likely N-dealkylation sites (tertiary alicyclic amines) is 1. The highest BCUT2D eigenvalue weighted by Gasteiger charge is 2.44. The second-order valence-electron chi connectivity index (χ2n) is 7.85. The van der Waals surface area contributed by atoms with Crippen molar-refractivity contribution in [3.05, 3.63) is 34.2 Å². The number of piperidine rings is 3. The van der Waals surface area contributed by atoms with Crippen molar-refractivity contribution in [2.24, 2.45) is 11.8 Å². The van der Waals surface area contributed by atoms with Crippen LogP contribution in [0.1, 0.15) is 35.4 Å². The average molecular weight is 389 g/mol. The number of fused-ring (bicyclic) bond motifs is 5. The average Bonchev–Trinajstić information content (AvgIpc) is 3.08. The fourth-order valence-corrected chi connectivity index (χ4v) is 6.39. The molecular formula is C20H21ClN2O2S. The molecule has 0 N–H and O–H groups in total. The van der Waals surface area contributed by atoms with Crippen molar-refractivity contribution in [1.29, 1.82) is 0 Å². The maximum atomic E-state index is 13.1. The number of halogens is 1.